The van der Waals surface area contributed by atoms with Crippen LogP contribution >= 0.6 is 15.9 Å². The van der Waals surface area contributed by atoms with Crippen molar-refractivity contribution in [1.82, 2.24) is 14.7 Å². The number of rotatable bonds is 6. The van der Waals surface area contributed by atoms with Gasteiger partial charge in [0, 0.05) is 23.8 Å². The van der Waals surface area contributed by atoms with Gasteiger partial charge in [0.15, 0.2) is 0 Å². The van der Waals surface area contributed by atoms with E-state index in [4.69, 9.17) is 0 Å². The summed E-state index contributed by atoms with van der Waals surface area (Å²) in [6, 6.07) is 3.95. The minimum Gasteiger partial charge on any atom is -0.392 e. The van der Waals surface area contributed by atoms with E-state index in [1.807, 2.05) is 28.9 Å². The molecule has 0 aliphatic rings. The van der Waals surface area contributed by atoms with Crippen LogP contribution in [-0.4, -0.2) is 27.1 Å². The molecule has 2 N–H and O–H groups in total. The van der Waals surface area contributed by atoms with Crippen molar-refractivity contribution in [3.63, 3.8) is 0 Å². The van der Waals surface area contributed by atoms with E-state index in [-0.39, 0.29) is 6.10 Å². The summed E-state index contributed by atoms with van der Waals surface area (Å²) in [5.41, 5.74) is 2.03. The average Bonchev–Trinajstić information content (AvgIpc) is 2.72. The lowest BCUT2D eigenvalue weighted by Gasteiger charge is -2.10. The first-order valence-electron chi connectivity index (χ1n) is 6.21. The number of imidazole rings is 1. The summed E-state index contributed by atoms with van der Waals surface area (Å²) in [4.78, 5) is 4.33. The van der Waals surface area contributed by atoms with Gasteiger partial charge in [-0.2, -0.15) is 0 Å². The maximum Gasteiger partial charge on any atom is 0.136 e. The number of fused-ring (bicyclic) bond motifs is 1. The Kier molecular flexibility index (Phi) is 4.74. The zero-order valence-electron chi connectivity index (χ0n) is 10.4. The van der Waals surface area contributed by atoms with Crippen molar-refractivity contribution < 1.29 is 5.11 Å². The van der Waals surface area contributed by atoms with Gasteiger partial charge in [-0.25, -0.2) is 4.98 Å². The topological polar surface area (TPSA) is 49.6 Å². The molecule has 0 amide bonds. The molecule has 1 atom stereocenters. The summed E-state index contributed by atoms with van der Waals surface area (Å²) in [6.07, 6.45) is 5.45. The highest BCUT2D eigenvalue weighted by atomic mass is 79.9. The normalized spacial score (nSPS) is 13.1. The summed E-state index contributed by atoms with van der Waals surface area (Å²) in [5, 5.41) is 12.9. The zero-order chi connectivity index (χ0) is 13.0. The predicted octanol–water partition coefficient (Wildman–Crippen LogP) is 2.35. The first-order chi connectivity index (χ1) is 8.70. The third-order valence-corrected chi connectivity index (χ3v) is 3.32. The third-order valence-electron chi connectivity index (χ3n) is 2.85. The number of aliphatic hydroxyl groups is 1. The molecule has 2 aromatic rings. The van der Waals surface area contributed by atoms with Crippen LogP contribution in [0.3, 0.4) is 0 Å². The molecule has 98 valence electrons. The van der Waals surface area contributed by atoms with Crippen LogP contribution in [0, 0.1) is 0 Å². The molecule has 0 aromatic carbocycles. The molecule has 0 aliphatic carbocycles. The monoisotopic (exact) mass is 311 g/mol. The lowest BCUT2D eigenvalue weighted by Crippen LogP contribution is -2.26. The van der Waals surface area contributed by atoms with Crippen LogP contribution in [0.1, 0.15) is 25.5 Å². The molecule has 0 saturated carbocycles. The van der Waals surface area contributed by atoms with Crippen molar-refractivity contribution in [3.8, 4) is 0 Å². The Labute approximate surface area is 115 Å². The van der Waals surface area contributed by atoms with Gasteiger partial charge in [-0.15, -0.1) is 0 Å². The smallest absolute Gasteiger partial charge is 0.136 e. The van der Waals surface area contributed by atoms with E-state index in [1.54, 1.807) is 0 Å². The Morgan fingerprint density at radius 1 is 1.50 bits per heavy atom. The summed E-state index contributed by atoms with van der Waals surface area (Å²) >= 11 is 3.45. The van der Waals surface area contributed by atoms with Gasteiger partial charge in [0.25, 0.3) is 0 Å². The molecule has 0 bridgehead atoms. The maximum atomic E-state index is 9.64. The third kappa shape index (κ3) is 3.31. The Hall–Kier alpha value is -0.910. The maximum absolute atomic E-state index is 9.64. The van der Waals surface area contributed by atoms with Crippen molar-refractivity contribution in [1.29, 1.82) is 0 Å². The van der Waals surface area contributed by atoms with Crippen LogP contribution in [0.2, 0.25) is 0 Å². The van der Waals surface area contributed by atoms with Crippen molar-refractivity contribution >= 4 is 21.6 Å². The van der Waals surface area contributed by atoms with Crippen LogP contribution < -0.4 is 5.32 Å². The van der Waals surface area contributed by atoms with Crippen LogP contribution in [0.4, 0.5) is 0 Å². The van der Waals surface area contributed by atoms with Crippen LogP contribution in [-0.2, 0) is 6.54 Å². The Balaban J connectivity index is 1.97. The summed E-state index contributed by atoms with van der Waals surface area (Å²) in [5.74, 6) is 0. The van der Waals surface area contributed by atoms with Gasteiger partial charge >= 0.3 is 0 Å². The molecule has 2 aromatic heterocycles. The quantitative estimate of drug-likeness (QED) is 0.861. The van der Waals surface area contributed by atoms with Crippen molar-refractivity contribution in [2.45, 2.75) is 32.4 Å². The number of nitrogens with one attached hydrogen (secondary N) is 1. The first-order valence-corrected chi connectivity index (χ1v) is 7.00. The van der Waals surface area contributed by atoms with E-state index in [9.17, 15) is 5.11 Å². The fourth-order valence-corrected chi connectivity index (χ4v) is 2.27. The number of nitrogens with zero attached hydrogens (tertiary/aromatic N) is 2. The summed E-state index contributed by atoms with van der Waals surface area (Å²) < 4.78 is 3.07. The average molecular weight is 312 g/mol. The SMILES string of the molecule is CCCC(O)CNCc1cnc2ccc(Br)cn12. The highest BCUT2D eigenvalue weighted by Crippen LogP contribution is 2.13. The van der Waals surface area contributed by atoms with E-state index in [0.717, 1.165) is 28.7 Å². The van der Waals surface area contributed by atoms with Crippen molar-refractivity contribution in [3.05, 3.63) is 34.7 Å². The number of hydrogen-bond donors (Lipinski definition) is 2. The summed E-state index contributed by atoms with van der Waals surface area (Å²) in [6.45, 7) is 3.40. The lowest BCUT2D eigenvalue weighted by molar-refractivity contribution is 0.160. The summed E-state index contributed by atoms with van der Waals surface area (Å²) in [7, 11) is 0. The van der Waals surface area contributed by atoms with Gasteiger partial charge < -0.3 is 14.8 Å². The van der Waals surface area contributed by atoms with E-state index in [0.29, 0.717) is 13.1 Å². The van der Waals surface area contributed by atoms with Crippen molar-refractivity contribution in [2.75, 3.05) is 6.54 Å². The standard InChI is InChI=1S/C13H18BrN3O/c1-2-3-12(18)8-15-6-11-7-16-13-5-4-10(14)9-17(11)13/h4-5,7,9,12,15,18H,2-3,6,8H2,1H3. The largest absolute Gasteiger partial charge is 0.392 e. The second-order valence-corrected chi connectivity index (χ2v) is 5.31. The Morgan fingerprint density at radius 3 is 3.11 bits per heavy atom. The second kappa shape index (κ2) is 6.31. The Bertz CT molecular complexity index is 512. The molecular weight excluding hydrogens is 294 g/mol. The number of pyridine rings is 1. The fraction of sp³-hybridized carbons (Fsp3) is 0.462. The molecule has 2 rings (SSSR count). The molecule has 0 saturated heterocycles. The van der Waals surface area contributed by atoms with Gasteiger partial charge in [0.05, 0.1) is 18.0 Å². The van der Waals surface area contributed by atoms with Gasteiger partial charge in [-0.3, -0.25) is 0 Å². The van der Waals surface area contributed by atoms with Crippen LogP contribution in [0.5, 0.6) is 0 Å². The minimum atomic E-state index is -0.263. The number of halogens is 1. The number of aliphatic hydroxyl groups excluding tert-OH is 1. The molecular formula is C13H18BrN3O. The first kappa shape index (κ1) is 13.5. The molecule has 5 heteroatoms. The van der Waals surface area contributed by atoms with Crippen LogP contribution in [0.15, 0.2) is 29.0 Å². The molecule has 0 radical (unpaired) electrons. The van der Waals surface area contributed by atoms with E-state index in [2.05, 4.69) is 33.2 Å². The number of aromatic nitrogens is 2. The minimum absolute atomic E-state index is 0.263. The van der Waals surface area contributed by atoms with Gasteiger partial charge in [-0.1, -0.05) is 13.3 Å². The molecule has 2 heterocycles. The van der Waals surface area contributed by atoms with E-state index < -0.39 is 0 Å². The lowest BCUT2D eigenvalue weighted by atomic mass is 10.2. The van der Waals surface area contributed by atoms with Crippen molar-refractivity contribution in [2.24, 2.45) is 0 Å². The molecule has 0 fully saturated rings. The number of hydrogen-bond acceptors (Lipinski definition) is 3. The van der Waals surface area contributed by atoms with E-state index >= 15 is 0 Å². The molecule has 18 heavy (non-hydrogen) atoms. The highest BCUT2D eigenvalue weighted by molar-refractivity contribution is 9.10. The van der Waals surface area contributed by atoms with E-state index in [1.165, 1.54) is 0 Å². The molecule has 1 unspecified atom stereocenters. The molecule has 4 nitrogen and oxygen atoms in total. The highest BCUT2D eigenvalue weighted by Gasteiger charge is 2.05. The molecule has 0 spiro atoms. The predicted molar refractivity (Wildman–Crippen MR) is 75.5 cm³/mol. The van der Waals surface area contributed by atoms with Crippen LogP contribution in [0.25, 0.3) is 5.65 Å². The fourth-order valence-electron chi connectivity index (χ4n) is 1.94. The Morgan fingerprint density at radius 2 is 2.33 bits per heavy atom. The van der Waals surface area contributed by atoms with Gasteiger partial charge in [0.2, 0.25) is 0 Å². The zero-order valence-corrected chi connectivity index (χ0v) is 12.0. The van der Waals surface area contributed by atoms with Gasteiger partial charge in [0.1, 0.15) is 5.65 Å². The molecule has 0 aliphatic heterocycles. The van der Waals surface area contributed by atoms with Gasteiger partial charge in [-0.05, 0) is 34.5 Å². The second-order valence-electron chi connectivity index (χ2n) is 4.40.